The number of ether oxygens (including phenoxy) is 1. The summed E-state index contributed by atoms with van der Waals surface area (Å²) in [6.07, 6.45) is -1.20. The predicted molar refractivity (Wildman–Crippen MR) is 73.0 cm³/mol. The van der Waals surface area contributed by atoms with Crippen LogP contribution in [0.15, 0.2) is 24.3 Å². The SMILES string of the molecule is COc1cccc(N(C)C(=O)NC(C(=O)O)C(C)O)c1. The highest BCUT2D eigenvalue weighted by Crippen LogP contribution is 2.19. The molecular weight excluding hydrogens is 264 g/mol. The normalized spacial score (nSPS) is 13.2. The van der Waals surface area contributed by atoms with E-state index in [0.717, 1.165) is 0 Å². The highest BCUT2D eigenvalue weighted by atomic mass is 16.5. The Morgan fingerprint density at radius 1 is 1.40 bits per heavy atom. The second kappa shape index (κ2) is 6.76. The van der Waals surface area contributed by atoms with Crippen LogP contribution in [0.1, 0.15) is 6.92 Å². The van der Waals surface area contributed by atoms with E-state index in [-0.39, 0.29) is 0 Å². The molecule has 0 saturated carbocycles. The number of amides is 2. The van der Waals surface area contributed by atoms with E-state index < -0.39 is 24.1 Å². The Morgan fingerprint density at radius 2 is 2.05 bits per heavy atom. The van der Waals surface area contributed by atoms with Crippen molar-refractivity contribution in [2.45, 2.75) is 19.1 Å². The summed E-state index contributed by atoms with van der Waals surface area (Å²) in [6, 6.07) is 4.76. The lowest BCUT2D eigenvalue weighted by atomic mass is 10.2. The highest BCUT2D eigenvalue weighted by molar-refractivity contribution is 5.94. The van der Waals surface area contributed by atoms with Gasteiger partial charge in [-0.2, -0.15) is 0 Å². The molecule has 1 aromatic rings. The number of methoxy groups -OCH3 is 1. The van der Waals surface area contributed by atoms with Gasteiger partial charge in [0.2, 0.25) is 0 Å². The first-order chi connectivity index (χ1) is 9.36. The molecule has 0 aromatic heterocycles. The van der Waals surface area contributed by atoms with Crippen molar-refractivity contribution in [3.8, 4) is 5.75 Å². The number of anilines is 1. The molecule has 0 fully saturated rings. The summed E-state index contributed by atoms with van der Waals surface area (Å²) in [7, 11) is 3.00. The number of carboxylic acids is 1. The molecular formula is C13H18N2O5. The molecule has 0 spiro atoms. The number of carbonyl (C=O) groups is 2. The summed E-state index contributed by atoms with van der Waals surface area (Å²) in [5, 5.41) is 20.5. The van der Waals surface area contributed by atoms with Gasteiger partial charge in [-0.25, -0.2) is 9.59 Å². The maximum absolute atomic E-state index is 12.0. The van der Waals surface area contributed by atoms with Crippen LogP contribution in [0.5, 0.6) is 5.75 Å². The monoisotopic (exact) mass is 282 g/mol. The number of aliphatic hydroxyl groups excluding tert-OH is 1. The second-order valence-electron chi connectivity index (χ2n) is 4.27. The third-order valence-electron chi connectivity index (χ3n) is 2.77. The summed E-state index contributed by atoms with van der Waals surface area (Å²) < 4.78 is 5.05. The van der Waals surface area contributed by atoms with Gasteiger partial charge in [-0.3, -0.25) is 4.90 Å². The number of rotatable bonds is 5. The topological polar surface area (TPSA) is 99.1 Å². The smallest absolute Gasteiger partial charge is 0.328 e. The summed E-state index contributed by atoms with van der Waals surface area (Å²) >= 11 is 0. The number of hydrogen-bond acceptors (Lipinski definition) is 4. The molecule has 0 radical (unpaired) electrons. The minimum atomic E-state index is -1.37. The first-order valence-corrected chi connectivity index (χ1v) is 5.96. The molecule has 20 heavy (non-hydrogen) atoms. The maximum Gasteiger partial charge on any atom is 0.328 e. The molecule has 1 rings (SSSR count). The van der Waals surface area contributed by atoms with E-state index in [9.17, 15) is 14.7 Å². The Morgan fingerprint density at radius 3 is 2.55 bits per heavy atom. The van der Waals surface area contributed by atoms with Gasteiger partial charge in [-0.15, -0.1) is 0 Å². The van der Waals surface area contributed by atoms with Gasteiger partial charge in [0.15, 0.2) is 6.04 Å². The summed E-state index contributed by atoms with van der Waals surface area (Å²) in [4.78, 5) is 24.1. The molecule has 0 bridgehead atoms. The molecule has 0 heterocycles. The zero-order valence-electron chi connectivity index (χ0n) is 11.5. The number of hydrogen-bond donors (Lipinski definition) is 3. The molecule has 7 nitrogen and oxygen atoms in total. The Kier molecular flexibility index (Phi) is 5.33. The van der Waals surface area contributed by atoms with Crippen molar-refractivity contribution in [3.63, 3.8) is 0 Å². The van der Waals surface area contributed by atoms with E-state index in [1.165, 1.54) is 26.0 Å². The number of urea groups is 1. The molecule has 3 N–H and O–H groups in total. The van der Waals surface area contributed by atoms with Gasteiger partial charge >= 0.3 is 12.0 Å². The quantitative estimate of drug-likeness (QED) is 0.737. The Bertz CT molecular complexity index is 489. The standard InChI is InChI=1S/C13H18N2O5/c1-8(16)11(12(17)18)14-13(19)15(2)9-5-4-6-10(7-9)20-3/h4-8,11,16H,1-3H3,(H,14,19)(H,17,18). The van der Waals surface area contributed by atoms with Crippen LogP contribution in [0.25, 0.3) is 0 Å². The number of benzene rings is 1. The van der Waals surface area contributed by atoms with Crippen molar-refractivity contribution >= 4 is 17.7 Å². The van der Waals surface area contributed by atoms with Crippen LogP contribution in [-0.4, -0.2) is 48.5 Å². The fourth-order valence-electron chi connectivity index (χ4n) is 1.55. The van der Waals surface area contributed by atoms with Gasteiger partial charge in [0.1, 0.15) is 5.75 Å². The van der Waals surface area contributed by atoms with Crippen LogP contribution in [0.3, 0.4) is 0 Å². The molecule has 0 aliphatic rings. The van der Waals surface area contributed by atoms with E-state index in [0.29, 0.717) is 11.4 Å². The first kappa shape index (κ1) is 15.8. The van der Waals surface area contributed by atoms with Crippen molar-refractivity contribution in [3.05, 3.63) is 24.3 Å². The average Bonchev–Trinajstić information content (AvgIpc) is 2.42. The van der Waals surface area contributed by atoms with Gasteiger partial charge in [0.25, 0.3) is 0 Å². The lowest BCUT2D eigenvalue weighted by Crippen LogP contribution is -2.51. The highest BCUT2D eigenvalue weighted by Gasteiger charge is 2.26. The van der Waals surface area contributed by atoms with Crippen LogP contribution in [0.4, 0.5) is 10.5 Å². The zero-order chi connectivity index (χ0) is 15.3. The first-order valence-electron chi connectivity index (χ1n) is 5.96. The van der Waals surface area contributed by atoms with Crippen molar-refractivity contribution < 1.29 is 24.5 Å². The van der Waals surface area contributed by atoms with Gasteiger partial charge < -0.3 is 20.3 Å². The summed E-state index contributed by atoms with van der Waals surface area (Å²) in [5.41, 5.74) is 0.539. The number of aliphatic hydroxyl groups is 1. The molecule has 110 valence electrons. The maximum atomic E-state index is 12.0. The van der Waals surface area contributed by atoms with E-state index in [2.05, 4.69) is 5.32 Å². The summed E-state index contributed by atoms with van der Waals surface area (Å²) in [5.74, 6) is -0.722. The molecule has 1 aromatic carbocycles. The Hall–Kier alpha value is -2.28. The molecule has 0 saturated heterocycles. The van der Waals surface area contributed by atoms with Crippen LogP contribution in [0.2, 0.25) is 0 Å². The van der Waals surface area contributed by atoms with Crippen LogP contribution in [0, 0.1) is 0 Å². The lowest BCUT2D eigenvalue weighted by Gasteiger charge is -2.23. The van der Waals surface area contributed by atoms with Crippen molar-refractivity contribution in [1.29, 1.82) is 0 Å². The molecule has 2 amide bonds. The predicted octanol–water partition coefficient (Wildman–Crippen LogP) is 0.675. The van der Waals surface area contributed by atoms with E-state index >= 15 is 0 Å². The average molecular weight is 282 g/mol. The van der Waals surface area contributed by atoms with Crippen molar-refractivity contribution in [2.24, 2.45) is 0 Å². The zero-order valence-corrected chi connectivity index (χ0v) is 11.5. The van der Waals surface area contributed by atoms with E-state index in [1.54, 1.807) is 24.3 Å². The van der Waals surface area contributed by atoms with E-state index in [1.807, 2.05) is 0 Å². The number of carbonyl (C=O) groups excluding carboxylic acids is 1. The van der Waals surface area contributed by atoms with Gasteiger partial charge in [0, 0.05) is 18.8 Å². The van der Waals surface area contributed by atoms with Gasteiger partial charge in [-0.1, -0.05) is 6.07 Å². The Balaban J connectivity index is 2.82. The number of nitrogens with zero attached hydrogens (tertiary/aromatic N) is 1. The van der Waals surface area contributed by atoms with Crippen LogP contribution < -0.4 is 15.0 Å². The largest absolute Gasteiger partial charge is 0.497 e. The van der Waals surface area contributed by atoms with Gasteiger partial charge in [-0.05, 0) is 19.1 Å². The molecule has 7 heteroatoms. The fraction of sp³-hybridized carbons (Fsp3) is 0.385. The minimum Gasteiger partial charge on any atom is -0.497 e. The fourth-order valence-corrected chi connectivity index (χ4v) is 1.55. The molecule has 2 atom stereocenters. The molecule has 0 aliphatic heterocycles. The van der Waals surface area contributed by atoms with Crippen LogP contribution in [-0.2, 0) is 4.79 Å². The minimum absolute atomic E-state index is 0.539. The third kappa shape index (κ3) is 3.86. The molecule has 0 aliphatic carbocycles. The van der Waals surface area contributed by atoms with Crippen molar-refractivity contribution in [1.82, 2.24) is 5.32 Å². The van der Waals surface area contributed by atoms with Gasteiger partial charge in [0.05, 0.1) is 13.2 Å². The van der Waals surface area contributed by atoms with Crippen LogP contribution >= 0.6 is 0 Å². The third-order valence-corrected chi connectivity index (χ3v) is 2.77. The Labute approximate surface area is 116 Å². The number of aliphatic carboxylic acids is 1. The number of nitrogens with one attached hydrogen (secondary N) is 1. The summed E-state index contributed by atoms with van der Waals surface area (Å²) in [6.45, 7) is 1.30. The lowest BCUT2D eigenvalue weighted by molar-refractivity contribution is -0.141. The van der Waals surface area contributed by atoms with E-state index in [4.69, 9.17) is 9.84 Å². The number of carboxylic acid groups (broad SMARTS) is 1. The second-order valence-corrected chi connectivity index (χ2v) is 4.27. The van der Waals surface area contributed by atoms with Crippen molar-refractivity contribution in [2.75, 3.05) is 19.1 Å². The molecule has 2 unspecified atom stereocenters.